The molecule has 0 saturated heterocycles. The number of aromatic amines is 1. The summed E-state index contributed by atoms with van der Waals surface area (Å²) in [5.41, 5.74) is -2.42. The third kappa shape index (κ3) is 3.68. The summed E-state index contributed by atoms with van der Waals surface area (Å²) in [6.07, 6.45) is -3.50. The van der Waals surface area contributed by atoms with Gasteiger partial charge in [0.05, 0.1) is 24.6 Å². The number of rotatable bonds is 4. The number of alkyl halides is 3. The average Bonchev–Trinajstić information content (AvgIpc) is 3.15. The van der Waals surface area contributed by atoms with Crippen molar-refractivity contribution >= 4 is 17.2 Å². The van der Waals surface area contributed by atoms with E-state index in [1.807, 2.05) is 0 Å². The third-order valence-corrected chi connectivity index (χ3v) is 4.73. The number of carbonyl (C=O) groups excluding carboxylic acids is 1. The summed E-state index contributed by atoms with van der Waals surface area (Å²) in [4.78, 5) is 32.5. The highest BCUT2D eigenvalue weighted by molar-refractivity contribution is 6.05. The first-order valence-corrected chi connectivity index (χ1v) is 9.30. The molecule has 32 heavy (non-hydrogen) atoms. The van der Waals surface area contributed by atoms with Gasteiger partial charge in [-0.05, 0) is 18.6 Å². The van der Waals surface area contributed by atoms with Gasteiger partial charge in [-0.15, -0.1) is 0 Å². The van der Waals surface area contributed by atoms with Crippen LogP contribution in [0.3, 0.4) is 0 Å². The number of pyridine rings is 1. The molecular formula is C21H16F3N5O3. The molecule has 0 aliphatic carbocycles. The van der Waals surface area contributed by atoms with Crippen molar-refractivity contribution in [3.63, 3.8) is 0 Å². The number of hydrogen-bond acceptors (Lipinski definition) is 5. The SMILES string of the molecule is COc1ccc(NC(=O)c2c(C)[nH]c3c(-c4ccccc4)c(C(F)(F)F)nn3c2=O)cn1. The van der Waals surface area contributed by atoms with E-state index in [1.54, 1.807) is 18.2 Å². The van der Waals surface area contributed by atoms with Crippen molar-refractivity contribution in [2.24, 2.45) is 0 Å². The number of benzene rings is 1. The summed E-state index contributed by atoms with van der Waals surface area (Å²) >= 11 is 0. The number of nitrogens with zero attached hydrogens (tertiary/aromatic N) is 3. The molecule has 8 nitrogen and oxygen atoms in total. The molecule has 11 heteroatoms. The van der Waals surface area contributed by atoms with Gasteiger partial charge >= 0.3 is 6.18 Å². The Labute approximate surface area is 178 Å². The molecule has 0 saturated carbocycles. The number of methoxy groups -OCH3 is 1. The lowest BCUT2D eigenvalue weighted by Gasteiger charge is -2.09. The van der Waals surface area contributed by atoms with Crippen LogP contribution in [0.15, 0.2) is 53.5 Å². The smallest absolute Gasteiger partial charge is 0.435 e. The van der Waals surface area contributed by atoms with E-state index >= 15 is 0 Å². The Balaban J connectivity index is 1.86. The largest absolute Gasteiger partial charge is 0.481 e. The Morgan fingerprint density at radius 2 is 1.88 bits per heavy atom. The van der Waals surface area contributed by atoms with Gasteiger partial charge in [0.15, 0.2) is 5.69 Å². The monoisotopic (exact) mass is 443 g/mol. The predicted molar refractivity (Wildman–Crippen MR) is 110 cm³/mol. The van der Waals surface area contributed by atoms with Crippen LogP contribution in [0.2, 0.25) is 0 Å². The zero-order chi connectivity index (χ0) is 23.0. The number of nitrogens with one attached hydrogen (secondary N) is 2. The van der Waals surface area contributed by atoms with Gasteiger partial charge in [-0.25, -0.2) is 4.98 Å². The van der Waals surface area contributed by atoms with Crippen molar-refractivity contribution < 1.29 is 22.7 Å². The molecule has 0 spiro atoms. The van der Waals surface area contributed by atoms with Gasteiger partial charge in [0.2, 0.25) is 5.88 Å². The van der Waals surface area contributed by atoms with Crippen LogP contribution in [0.25, 0.3) is 16.8 Å². The number of aromatic nitrogens is 4. The summed E-state index contributed by atoms with van der Waals surface area (Å²) in [5.74, 6) is -0.494. The zero-order valence-corrected chi connectivity index (χ0v) is 16.8. The summed E-state index contributed by atoms with van der Waals surface area (Å²) < 4.78 is 46.7. The Morgan fingerprint density at radius 3 is 2.47 bits per heavy atom. The van der Waals surface area contributed by atoms with Crippen LogP contribution in [0.5, 0.6) is 5.88 Å². The fourth-order valence-corrected chi connectivity index (χ4v) is 3.30. The Hall–Kier alpha value is -4.15. The second-order valence-electron chi connectivity index (χ2n) is 6.82. The van der Waals surface area contributed by atoms with Crippen molar-refractivity contribution in [3.8, 4) is 17.0 Å². The molecule has 1 aromatic carbocycles. The normalized spacial score (nSPS) is 11.5. The molecule has 3 aromatic heterocycles. The van der Waals surface area contributed by atoms with Crippen LogP contribution < -0.4 is 15.6 Å². The highest BCUT2D eigenvalue weighted by atomic mass is 19.4. The number of hydrogen-bond donors (Lipinski definition) is 2. The van der Waals surface area contributed by atoms with Crippen LogP contribution in [0.1, 0.15) is 21.7 Å². The van der Waals surface area contributed by atoms with Crippen molar-refractivity contribution in [1.82, 2.24) is 19.6 Å². The lowest BCUT2D eigenvalue weighted by atomic mass is 10.1. The van der Waals surface area contributed by atoms with Crippen molar-refractivity contribution in [2.75, 3.05) is 12.4 Å². The maximum absolute atomic E-state index is 13.7. The van der Waals surface area contributed by atoms with Gasteiger partial charge in [0.25, 0.3) is 11.5 Å². The van der Waals surface area contributed by atoms with E-state index in [-0.39, 0.29) is 33.7 Å². The lowest BCUT2D eigenvalue weighted by Crippen LogP contribution is -2.29. The lowest BCUT2D eigenvalue weighted by molar-refractivity contribution is -0.140. The Bertz CT molecular complexity index is 1360. The average molecular weight is 443 g/mol. The summed E-state index contributed by atoms with van der Waals surface area (Å²) in [6.45, 7) is 1.43. The number of anilines is 1. The van der Waals surface area contributed by atoms with Gasteiger partial charge in [0.1, 0.15) is 11.2 Å². The maximum atomic E-state index is 13.7. The molecule has 0 aliphatic rings. The highest BCUT2D eigenvalue weighted by Crippen LogP contribution is 2.38. The van der Waals surface area contributed by atoms with Crippen molar-refractivity contribution in [1.29, 1.82) is 0 Å². The third-order valence-electron chi connectivity index (χ3n) is 4.73. The molecule has 0 bridgehead atoms. The number of fused-ring (bicyclic) bond motifs is 1. The van der Waals surface area contributed by atoms with E-state index in [9.17, 15) is 22.8 Å². The van der Waals surface area contributed by atoms with Crippen LogP contribution in [-0.2, 0) is 6.18 Å². The number of H-pyrrole nitrogens is 1. The standard InChI is InChI=1S/C21H16F3N5O3/c1-11-15(19(30)27-13-8-9-14(32-2)25-10-13)20(31)29-18(26-11)16(12-6-4-3-5-7-12)17(28-29)21(22,23)24/h3-10,26H,1-2H3,(H,27,30). The van der Waals surface area contributed by atoms with Crippen LogP contribution in [-0.4, -0.2) is 32.6 Å². The molecule has 0 aliphatic heterocycles. The Kier molecular flexibility index (Phi) is 5.17. The molecule has 2 N–H and O–H groups in total. The minimum atomic E-state index is -4.82. The molecule has 1 amide bonds. The minimum Gasteiger partial charge on any atom is -0.481 e. The number of halogens is 3. The van der Waals surface area contributed by atoms with Crippen molar-refractivity contribution in [3.05, 3.63) is 76.0 Å². The van der Waals surface area contributed by atoms with Crippen LogP contribution in [0.4, 0.5) is 18.9 Å². The van der Waals surface area contributed by atoms with Gasteiger partial charge in [-0.2, -0.15) is 22.8 Å². The van der Waals surface area contributed by atoms with Crippen LogP contribution in [0, 0.1) is 6.92 Å². The van der Waals surface area contributed by atoms with Gasteiger partial charge in [-0.1, -0.05) is 30.3 Å². The molecule has 4 aromatic rings. The fourth-order valence-electron chi connectivity index (χ4n) is 3.30. The molecular weight excluding hydrogens is 427 g/mol. The van der Waals surface area contributed by atoms with Crippen LogP contribution >= 0.6 is 0 Å². The van der Waals surface area contributed by atoms with Gasteiger partial charge < -0.3 is 15.0 Å². The summed E-state index contributed by atoms with van der Waals surface area (Å²) in [7, 11) is 1.43. The van der Waals surface area contributed by atoms with E-state index < -0.39 is 23.3 Å². The van der Waals surface area contributed by atoms with E-state index in [1.165, 1.54) is 44.5 Å². The van der Waals surface area contributed by atoms with E-state index in [2.05, 4.69) is 20.4 Å². The van der Waals surface area contributed by atoms with E-state index in [0.29, 0.717) is 10.4 Å². The second kappa shape index (κ2) is 7.84. The highest BCUT2D eigenvalue weighted by Gasteiger charge is 2.39. The number of amides is 1. The molecule has 0 unspecified atom stereocenters. The number of aryl methyl sites for hydroxylation is 1. The van der Waals surface area contributed by atoms with E-state index in [0.717, 1.165) is 0 Å². The maximum Gasteiger partial charge on any atom is 0.435 e. The predicted octanol–water partition coefficient (Wildman–Crippen LogP) is 3.67. The fraction of sp³-hybridized carbons (Fsp3) is 0.143. The quantitative estimate of drug-likeness (QED) is 0.501. The number of carbonyl (C=O) groups is 1. The summed E-state index contributed by atoms with van der Waals surface area (Å²) in [5, 5.41) is 6.01. The summed E-state index contributed by atoms with van der Waals surface area (Å²) in [6, 6.07) is 10.8. The van der Waals surface area contributed by atoms with E-state index in [4.69, 9.17) is 4.74 Å². The van der Waals surface area contributed by atoms with Gasteiger partial charge in [0, 0.05) is 11.8 Å². The Morgan fingerprint density at radius 1 is 1.16 bits per heavy atom. The topological polar surface area (TPSA) is 101 Å². The number of ether oxygens (including phenoxy) is 1. The van der Waals surface area contributed by atoms with Crippen molar-refractivity contribution in [2.45, 2.75) is 13.1 Å². The first-order valence-electron chi connectivity index (χ1n) is 9.30. The molecule has 0 radical (unpaired) electrons. The zero-order valence-electron chi connectivity index (χ0n) is 16.8. The molecule has 4 rings (SSSR count). The minimum absolute atomic E-state index is 0.0901. The molecule has 164 valence electrons. The van der Waals surface area contributed by atoms with Gasteiger partial charge in [-0.3, -0.25) is 9.59 Å². The molecule has 0 atom stereocenters. The molecule has 0 fully saturated rings. The molecule has 3 heterocycles. The first kappa shape index (κ1) is 21.1. The second-order valence-corrected chi connectivity index (χ2v) is 6.82. The first-order chi connectivity index (χ1) is 15.2.